The Balaban J connectivity index is 1.54. The Morgan fingerprint density at radius 3 is 2.39 bits per heavy atom. The molecule has 172 valence electrons. The summed E-state index contributed by atoms with van der Waals surface area (Å²) in [7, 11) is 1.81. The topological polar surface area (TPSA) is 34.1 Å². The second-order valence-electron chi connectivity index (χ2n) is 9.48. The van der Waals surface area contributed by atoms with Crippen molar-refractivity contribution in [1.29, 1.82) is 0 Å². The van der Waals surface area contributed by atoms with Crippen LogP contribution >= 0.6 is 0 Å². The molecule has 0 radical (unpaired) electrons. The maximum absolute atomic E-state index is 6.03. The Kier molecular flexibility index (Phi) is 6.50. The van der Waals surface area contributed by atoms with Crippen LogP contribution in [0.5, 0.6) is 5.75 Å². The second kappa shape index (κ2) is 9.69. The Morgan fingerprint density at radius 1 is 0.909 bits per heavy atom. The van der Waals surface area contributed by atoms with Crippen molar-refractivity contribution in [2.24, 2.45) is 0 Å². The Hall–Kier alpha value is -2.65. The van der Waals surface area contributed by atoms with Crippen LogP contribution in [-0.4, -0.2) is 12.1 Å². The van der Waals surface area contributed by atoms with E-state index in [-0.39, 0.29) is 6.04 Å². The summed E-state index contributed by atoms with van der Waals surface area (Å²) >= 11 is 0. The Morgan fingerprint density at radius 2 is 1.64 bits per heavy atom. The molecule has 0 aliphatic heterocycles. The van der Waals surface area contributed by atoms with E-state index in [1.54, 1.807) is 0 Å². The number of fused-ring (bicyclic) bond motifs is 2. The number of rotatable bonds is 6. The number of ether oxygens (including phenoxy) is 1. The summed E-state index contributed by atoms with van der Waals surface area (Å²) in [6.45, 7) is 4.46. The predicted molar refractivity (Wildman–Crippen MR) is 136 cm³/mol. The Bertz CT molecular complexity index is 1100. The first-order chi connectivity index (χ1) is 16.2. The smallest absolute Gasteiger partial charge is 0.127 e. The van der Waals surface area contributed by atoms with E-state index in [1.807, 2.05) is 7.11 Å². The highest BCUT2D eigenvalue weighted by Gasteiger charge is 2.30. The predicted octanol–water partition coefficient (Wildman–Crippen LogP) is 6.93. The maximum Gasteiger partial charge on any atom is 0.127 e. The summed E-state index contributed by atoms with van der Waals surface area (Å²) in [5.41, 5.74) is 10.6. The molecule has 1 N–H and O–H groups in total. The summed E-state index contributed by atoms with van der Waals surface area (Å²) in [6.07, 6.45) is 8.97. The van der Waals surface area contributed by atoms with Gasteiger partial charge in [-0.3, -0.25) is 4.98 Å². The van der Waals surface area contributed by atoms with E-state index < -0.39 is 0 Å². The molecule has 0 saturated heterocycles. The zero-order valence-corrected chi connectivity index (χ0v) is 20.3. The van der Waals surface area contributed by atoms with Gasteiger partial charge in [0.05, 0.1) is 12.8 Å². The van der Waals surface area contributed by atoms with Crippen LogP contribution in [0, 0.1) is 0 Å². The van der Waals surface area contributed by atoms with Gasteiger partial charge in [0.1, 0.15) is 5.75 Å². The van der Waals surface area contributed by atoms with Crippen molar-refractivity contribution in [3.63, 3.8) is 0 Å². The van der Waals surface area contributed by atoms with Crippen LogP contribution in [0.3, 0.4) is 0 Å². The third-order valence-corrected chi connectivity index (χ3v) is 7.60. The molecule has 1 aromatic heterocycles. The summed E-state index contributed by atoms with van der Waals surface area (Å²) in [4.78, 5) is 5.28. The van der Waals surface area contributed by atoms with Crippen LogP contribution < -0.4 is 10.1 Å². The van der Waals surface area contributed by atoms with Crippen molar-refractivity contribution < 1.29 is 4.74 Å². The van der Waals surface area contributed by atoms with E-state index in [1.165, 1.54) is 58.3 Å². The van der Waals surface area contributed by atoms with E-state index in [0.717, 1.165) is 43.5 Å². The van der Waals surface area contributed by atoms with Crippen molar-refractivity contribution in [3.8, 4) is 17.0 Å². The van der Waals surface area contributed by atoms with E-state index in [9.17, 15) is 0 Å². The molecule has 0 bridgehead atoms. The molecule has 0 fully saturated rings. The summed E-state index contributed by atoms with van der Waals surface area (Å²) in [6, 6.07) is 18.5. The lowest BCUT2D eigenvalue weighted by Crippen LogP contribution is -2.32. The number of aromatic nitrogens is 1. The molecule has 0 saturated carbocycles. The van der Waals surface area contributed by atoms with Crippen LogP contribution in [-0.2, 0) is 25.7 Å². The van der Waals surface area contributed by atoms with Crippen LogP contribution in [0.1, 0.15) is 85.1 Å². The number of nitrogens with one attached hydrogen (secondary N) is 1. The average Bonchev–Trinajstić information content (AvgIpc) is 2.87. The zero-order chi connectivity index (χ0) is 22.8. The molecule has 2 aliphatic rings. The first-order valence-electron chi connectivity index (χ1n) is 12.8. The summed E-state index contributed by atoms with van der Waals surface area (Å²) in [5, 5.41) is 4.03. The monoisotopic (exact) mass is 440 g/mol. The average molecular weight is 441 g/mol. The van der Waals surface area contributed by atoms with Gasteiger partial charge in [0.15, 0.2) is 0 Å². The molecule has 3 nitrogen and oxygen atoms in total. The number of benzene rings is 2. The molecule has 0 amide bonds. The lowest BCUT2D eigenvalue weighted by molar-refractivity contribution is 0.345. The van der Waals surface area contributed by atoms with Gasteiger partial charge < -0.3 is 10.1 Å². The lowest BCUT2D eigenvalue weighted by atomic mass is 9.84. The lowest BCUT2D eigenvalue weighted by Gasteiger charge is -2.34. The molecule has 2 aromatic carbocycles. The quantitative estimate of drug-likeness (QED) is 0.451. The third kappa shape index (κ3) is 4.19. The van der Waals surface area contributed by atoms with E-state index in [2.05, 4.69) is 67.7 Å². The fraction of sp³-hybridized carbons (Fsp3) is 0.433. The van der Waals surface area contributed by atoms with Gasteiger partial charge in [-0.05, 0) is 73.6 Å². The molecule has 5 rings (SSSR count). The molecule has 2 atom stereocenters. The number of aryl methyl sites for hydroxylation is 4. The zero-order valence-electron chi connectivity index (χ0n) is 20.3. The molecular formula is C30H36N2O. The molecule has 3 aromatic rings. The van der Waals surface area contributed by atoms with Gasteiger partial charge in [0.25, 0.3) is 0 Å². The standard InChI is InChI=1S/C30H36N2O/c1-4-20-12-8-13-21(5-2)29(20)27-19-28(33-3)30-25(17-10-18-26(30)32-27)31-24-16-9-14-22-11-6-7-15-23(22)24/h6-8,11-13,15,19,24-25,31H,4-5,9-10,14,16-18H2,1-3H3/t24-,25?/m0/s1. The number of nitrogens with zero attached hydrogens (tertiary/aromatic N) is 1. The highest BCUT2D eigenvalue weighted by atomic mass is 16.5. The van der Waals surface area contributed by atoms with Gasteiger partial charge in [-0.2, -0.15) is 0 Å². The van der Waals surface area contributed by atoms with Gasteiger partial charge in [0.2, 0.25) is 0 Å². The van der Waals surface area contributed by atoms with Crippen molar-refractivity contribution in [3.05, 3.63) is 82.0 Å². The number of hydrogen-bond donors (Lipinski definition) is 1. The minimum absolute atomic E-state index is 0.286. The second-order valence-corrected chi connectivity index (χ2v) is 9.48. The van der Waals surface area contributed by atoms with E-state index in [0.29, 0.717) is 6.04 Å². The van der Waals surface area contributed by atoms with Crippen molar-refractivity contribution >= 4 is 0 Å². The van der Waals surface area contributed by atoms with Gasteiger partial charge in [0, 0.05) is 35.0 Å². The molecule has 1 heterocycles. The van der Waals surface area contributed by atoms with Gasteiger partial charge in [-0.15, -0.1) is 0 Å². The molecule has 2 aliphatic carbocycles. The normalized spacial score (nSPS) is 19.6. The maximum atomic E-state index is 6.03. The first-order valence-corrected chi connectivity index (χ1v) is 12.8. The van der Waals surface area contributed by atoms with Crippen LogP contribution in [0.4, 0.5) is 0 Å². The minimum atomic E-state index is 0.286. The van der Waals surface area contributed by atoms with Crippen LogP contribution in [0.2, 0.25) is 0 Å². The van der Waals surface area contributed by atoms with Gasteiger partial charge >= 0.3 is 0 Å². The first kappa shape index (κ1) is 22.2. The molecule has 3 heteroatoms. The number of pyridine rings is 1. The fourth-order valence-corrected chi connectivity index (χ4v) is 5.97. The molecule has 33 heavy (non-hydrogen) atoms. The molecule has 1 unspecified atom stereocenters. The van der Waals surface area contributed by atoms with E-state index >= 15 is 0 Å². The number of methoxy groups -OCH3 is 1. The van der Waals surface area contributed by atoms with Gasteiger partial charge in [-0.1, -0.05) is 56.3 Å². The Labute approximate surface area is 198 Å². The SMILES string of the molecule is CCc1cccc(CC)c1-c1cc(OC)c2c(n1)CCCC2N[C@H]1CCCc2ccccc21. The largest absolute Gasteiger partial charge is 0.496 e. The minimum Gasteiger partial charge on any atom is -0.496 e. The van der Waals surface area contributed by atoms with Crippen LogP contribution in [0.25, 0.3) is 11.3 Å². The van der Waals surface area contributed by atoms with Gasteiger partial charge in [-0.25, -0.2) is 0 Å². The fourth-order valence-electron chi connectivity index (χ4n) is 5.97. The van der Waals surface area contributed by atoms with Crippen molar-refractivity contribution in [1.82, 2.24) is 10.3 Å². The highest BCUT2D eigenvalue weighted by molar-refractivity contribution is 5.70. The van der Waals surface area contributed by atoms with E-state index in [4.69, 9.17) is 9.72 Å². The highest BCUT2D eigenvalue weighted by Crippen LogP contribution is 2.41. The van der Waals surface area contributed by atoms with Crippen molar-refractivity contribution in [2.75, 3.05) is 7.11 Å². The number of hydrogen-bond acceptors (Lipinski definition) is 3. The van der Waals surface area contributed by atoms with Crippen LogP contribution in [0.15, 0.2) is 48.5 Å². The molecule has 0 spiro atoms. The van der Waals surface area contributed by atoms with Crippen molar-refractivity contribution in [2.45, 2.75) is 77.3 Å². The third-order valence-electron chi connectivity index (χ3n) is 7.60. The molecular weight excluding hydrogens is 404 g/mol. The summed E-state index contributed by atoms with van der Waals surface area (Å²) < 4.78 is 6.03. The summed E-state index contributed by atoms with van der Waals surface area (Å²) in [5.74, 6) is 0.990.